The number of amides is 1. The van der Waals surface area contributed by atoms with E-state index in [9.17, 15) is 19.7 Å². The summed E-state index contributed by atoms with van der Waals surface area (Å²) >= 11 is 11.6. The lowest BCUT2D eigenvalue weighted by Gasteiger charge is -2.09. The molecule has 0 heterocycles. The van der Waals surface area contributed by atoms with Crippen LogP contribution < -0.4 is 10.1 Å². The Morgan fingerprint density at radius 1 is 1.19 bits per heavy atom. The summed E-state index contributed by atoms with van der Waals surface area (Å²) in [5.41, 5.74) is -0.446. The lowest BCUT2D eigenvalue weighted by atomic mass is 10.2. The predicted molar refractivity (Wildman–Crippen MR) is 95.0 cm³/mol. The third-order valence-electron chi connectivity index (χ3n) is 3.15. The van der Waals surface area contributed by atoms with E-state index in [0.29, 0.717) is 16.5 Å². The van der Waals surface area contributed by atoms with Gasteiger partial charge in [-0.1, -0.05) is 23.2 Å². The summed E-state index contributed by atoms with van der Waals surface area (Å²) in [6, 6.07) is 8.06. The Balaban J connectivity index is 2.00. The molecule has 1 amide bonds. The maximum absolute atomic E-state index is 12.0. The average molecular weight is 399 g/mol. The van der Waals surface area contributed by atoms with Crippen molar-refractivity contribution in [2.24, 2.45) is 0 Å². The number of benzene rings is 2. The molecule has 0 unspecified atom stereocenters. The molecule has 136 valence electrons. The van der Waals surface area contributed by atoms with Crippen molar-refractivity contribution in [2.45, 2.75) is 0 Å². The summed E-state index contributed by atoms with van der Waals surface area (Å²) in [4.78, 5) is 34.1. The highest BCUT2D eigenvalue weighted by Gasteiger charge is 2.22. The topological polar surface area (TPSA) is 108 Å². The van der Waals surface area contributed by atoms with Gasteiger partial charge in [0.05, 0.1) is 17.1 Å². The smallest absolute Gasteiger partial charge is 0.345 e. The summed E-state index contributed by atoms with van der Waals surface area (Å²) < 4.78 is 9.81. The van der Waals surface area contributed by atoms with Gasteiger partial charge in [0.15, 0.2) is 6.61 Å². The minimum Gasteiger partial charge on any atom is -0.495 e. The van der Waals surface area contributed by atoms with Gasteiger partial charge in [0.1, 0.15) is 11.3 Å². The molecular formula is C16H12Cl2N2O6. The molecule has 0 fully saturated rings. The molecule has 2 aromatic carbocycles. The molecule has 0 bridgehead atoms. The van der Waals surface area contributed by atoms with Crippen molar-refractivity contribution in [3.05, 3.63) is 62.1 Å². The van der Waals surface area contributed by atoms with Crippen molar-refractivity contribution in [1.29, 1.82) is 0 Å². The Labute approximate surface area is 157 Å². The van der Waals surface area contributed by atoms with E-state index in [0.717, 1.165) is 12.1 Å². The number of nitro benzene ring substituents is 1. The van der Waals surface area contributed by atoms with E-state index >= 15 is 0 Å². The number of rotatable bonds is 6. The van der Waals surface area contributed by atoms with Gasteiger partial charge in [-0.05, 0) is 30.3 Å². The highest BCUT2D eigenvalue weighted by atomic mass is 35.5. The number of hydrogen-bond acceptors (Lipinski definition) is 6. The Morgan fingerprint density at radius 2 is 1.92 bits per heavy atom. The van der Waals surface area contributed by atoms with Crippen LogP contribution >= 0.6 is 23.2 Å². The molecule has 0 atom stereocenters. The van der Waals surface area contributed by atoms with Crippen LogP contribution in [-0.2, 0) is 9.53 Å². The van der Waals surface area contributed by atoms with Crippen LogP contribution in [0, 0.1) is 10.1 Å². The number of halogens is 2. The molecular weight excluding hydrogens is 387 g/mol. The zero-order valence-corrected chi connectivity index (χ0v) is 14.8. The van der Waals surface area contributed by atoms with Crippen molar-refractivity contribution in [3.63, 3.8) is 0 Å². The number of nitrogens with zero attached hydrogens (tertiary/aromatic N) is 1. The molecule has 0 saturated heterocycles. The number of carbonyl (C=O) groups is 2. The van der Waals surface area contributed by atoms with E-state index in [1.807, 2.05) is 0 Å². The molecule has 0 saturated carbocycles. The van der Waals surface area contributed by atoms with Gasteiger partial charge < -0.3 is 14.8 Å². The number of nitro groups is 1. The molecule has 0 spiro atoms. The molecule has 2 aromatic rings. The molecule has 0 aromatic heterocycles. The monoisotopic (exact) mass is 398 g/mol. The van der Waals surface area contributed by atoms with Gasteiger partial charge in [0.25, 0.3) is 11.6 Å². The van der Waals surface area contributed by atoms with Crippen molar-refractivity contribution in [3.8, 4) is 5.75 Å². The molecule has 0 aliphatic rings. The molecule has 1 N–H and O–H groups in total. The lowest BCUT2D eigenvalue weighted by Crippen LogP contribution is -2.21. The number of anilines is 1. The van der Waals surface area contributed by atoms with Crippen LogP contribution in [-0.4, -0.2) is 30.5 Å². The fourth-order valence-corrected chi connectivity index (χ4v) is 2.40. The Kier molecular flexibility index (Phi) is 6.37. The van der Waals surface area contributed by atoms with Gasteiger partial charge in [0.2, 0.25) is 0 Å². The van der Waals surface area contributed by atoms with E-state index < -0.39 is 29.1 Å². The van der Waals surface area contributed by atoms with Gasteiger partial charge in [-0.2, -0.15) is 0 Å². The summed E-state index contributed by atoms with van der Waals surface area (Å²) in [5.74, 6) is -1.22. The molecule has 2 rings (SSSR count). The standard InChI is InChI=1S/C16H12Cl2N2O6/c1-25-14-5-3-10(7-12(14)18)19-15(21)8-26-16(22)11-4-2-9(17)6-13(11)20(23)24/h2-7H,8H2,1H3,(H,19,21). The zero-order valence-electron chi connectivity index (χ0n) is 13.3. The van der Waals surface area contributed by atoms with Crippen molar-refractivity contribution < 1.29 is 24.0 Å². The summed E-state index contributed by atoms with van der Waals surface area (Å²) in [6.07, 6.45) is 0. The van der Waals surface area contributed by atoms with Gasteiger partial charge in [-0.15, -0.1) is 0 Å². The largest absolute Gasteiger partial charge is 0.495 e. The molecule has 0 aliphatic carbocycles. The first-order valence-corrected chi connectivity index (χ1v) is 7.82. The molecule has 8 nitrogen and oxygen atoms in total. The SMILES string of the molecule is COc1ccc(NC(=O)COC(=O)c2ccc(Cl)cc2[N+](=O)[O-])cc1Cl. The van der Waals surface area contributed by atoms with E-state index in [1.165, 1.54) is 19.2 Å². The molecule has 0 radical (unpaired) electrons. The van der Waals surface area contributed by atoms with Crippen LogP contribution in [0.2, 0.25) is 10.0 Å². The molecule has 10 heteroatoms. The maximum Gasteiger partial charge on any atom is 0.345 e. The fraction of sp³-hybridized carbons (Fsp3) is 0.125. The van der Waals surface area contributed by atoms with Gasteiger partial charge in [0, 0.05) is 16.8 Å². The first kappa shape index (κ1) is 19.5. The second kappa shape index (κ2) is 8.50. The van der Waals surface area contributed by atoms with E-state index in [1.54, 1.807) is 12.1 Å². The van der Waals surface area contributed by atoms with E-state index in [4.69, 9.17) is 32.7 Å². The van der Waals surface area contributed by atoms with Crippen molar-refractivity contribution >= 4 is 46.5 Å². The lowest BCUT2D eigenvalue weighted by molar-refractivity contribution is -0.385. The minimum atomic E-state index is -1.02. The second-order valence-corrected chi connectivity index (χ2v) is 5.74. The van der Waals surface area contributed by atoms with Crippen LogP contribution in [0.1, 0.15) is 10.4 Å². The van der Waals surface area contributed by atoms with Crippen molar-refractivity contribution in [1.82, 2.24) is 0 Å². The average Bonchev–Trinajstić information content (AvgIpc) is 2.59. The second-order valence-electron chi connectivity index (χ2n) is 4.89. The van der Waals surface area contributed by atoms with E-state index in [2.05, 4.69) is 5.32 Å². The Hall–Kier alpha value is -2.84. The van der Waals surface area contributed by atoms with Crippen LogP contribution in [0.4, 0.5) is 11.4 Å². The third-order valence-corrected chi connectivity index (χ3v) is 3.68. The van der Waals surface area contributed by atoms with Crippen LogP contribution in [0.5, 0.6) is 5.75 Å². The predicted octanol–water partition coefficient (Wildman–Crippen LogP) is 3.71. The van der Waals surface area contributed by atoms with Gasteiger partial charge in [-0.3, -0.25) is 14.9 Å². The summed E-state index contributed by atoms with van der Waals surface area (Å²) in [5, 5.41) is 13.8. The summed E-state index contributed by atoms with van der Waals surface area (Å²) in [7, 11) is 1.45. The normalized spacial score (nSPS) is 10.1. The van der Waals surface area contributed by atoms with Crippen LogP contribution in [0.3, 0.4) is 0 Å². The van der Waals surface area contributed by atoms with Crippen molar-refractivity contribution in [2.75, 3.05) is 19.0 Å². The first-order valence-electron chi connectivity index (χ1n) is 7.06. The van der Waals surface area contributed by atoms with Gasteiger partial charge >= 0.3 is 5.97 Å². The molecule has 26 heavy (non-hydrogen) atoms. The number of esters is 1. The number of nitrogens with one attached hydrogen (secondary N) is 1. The Bertz CT molecular complexity index is 872. The van der Waals surface area contributed by atoms with E-state index in [-0.39, 0.29) is 10.6 Å². The van der Waals surface area contributed by atoms with Crippen LogP contribution in [0.25, 0.3) is 0 Å². The highest BCUT2D eigenvalue weighted by Crippen LogP contribution is 2.27. The number of methoxy groups -OCH3 is 1. The fourth-order valence-electron chi connectivity index (χ4n) is 1.98. The highest BCUT2D eigenvalue weighted by molar-refractivity contribution is 6.32. The van der Waals surface area contributed by atoms with Gasteiger partial charge in [-0.25, -0.2) is 4.79 Å². The maximum atomic E-state index is 12.0. The quantitative estimate of drug-likeness (QED) is 0.451. The number of ether oxygens (including phenoxy) is 2. The Morgan fingerprint density at radius 3 is 2.54 bits per heavy atom. The number of hydrogen-bond donors (Lipinski definition) is 1. The zero-order chi connectivity index (χ0) is 19.3. The molecule has 0 aliphatic heterocycles. The number of carbonyl (C=O) groups excluding carboxylic acids is 2. The van der Waals surface area contributed by atoms with Crippen LogP contribution in [0.15, 0.2) is 36.4 Å². The minimum absolute atomic E-state index is 0.0994. The summed E-state index contributed by atoms with van der Waals surface area (Å²) in [6.45, 7) is -0.637. The first-order chi connectivity index (χ1) is 12.3. The third kappa shape index (κ3) is 4.84.